The van der Waals surface area contributed by atoms with Crippen molar-refractivity contribution in [3.8, 4) is 0 Å². The second-order valence-corrected chi connectivity index (χ2v) is 4.37. The number of benzene rings is 1. The van der Waals surface area contributed by atoms with Crippen LogP contribution < -0.4 is 56.9 Å². The normalized spacial score (nSPS) is 8.56. The first kappa shape index (κ1) is 18.1. The van der Waals surface area contributed by atoms with Crippen LogP contribution >= 0.6 is 11.3 Å². The van der Waals surface area contributed by atoms with E-state index in [2.05, 4.69) is 30.3 Å². The molecule has 4 heteroatoms. The number of thiophene rings is 1. The molecule has 0 aliphatic rings. The SMILES string of the molecule is C=CCc1ccc(N[O-])cc1.Cc1ccsc1.[K+]. The summed E-state index contributed by atoms with van der Waals surface area (Å²) >= 11 is 1.74. The van der Waals surface area contributed by atoms with E-state index in [0.29, 0.717) is 5.69 Å². The van der Waals surface area contributed by atoms with Gasteiger partial charge in [0.15, 0.2) is 0 Å². The monoisotopic (exact) mass is 285 g/mol. The molecular formula is C14H16KNOS. The van der Waals surface area contributed by atoms with Crippen LogP contribution in [-0.2, 0) is 6.42 Å². The molecule has 0 radical (unpaired) electrons. The molecule has 0 aliphatic carbocycles. The summed E-state index contributed by atoms with van der Waals surface area (Å²) in [4.78, 5) is 0. The number of anilines is 1. The molecule has 1 aromatic carbocycles. The molecule has 90 valence electrons. The van der Waals surface area contributed by atoms with Crippen molar-refractivity contribution >= 4 is 17.0 Å². The Morgan fingerprint density at radius 2 is 1.94 bits per heavy atom. The summed E-state index contributed by atoms with van der Waals surface area (Å²) in [6.45, 7) is 5.71. The van der Waals surface area contributed by atoms with Gasteiger partial charge in [-0.25, -0.2) is 0 Å². The first-order valence-electron chi connectivity index (χ1n) is 5.33. The smallest absolute Gasteiger partial charge is 0.761 e. The van der Waals surface area contributed by atoms with E-state index in [1.54, 1.807) is 23.5 Å². The van der Waals surface area contributed by atoms with Gasteiger partial charge < -0.3 is 10.7 Å². The molecule has 1 aromatic heterocycles. The standard InChI is InChI=1S/C9H10NO.C5H6S.K/c1-2-3-8-4-6-9(10-11)7-5-8;1-5-2-3-6-4-5;/h2,4-7,10H,1,3H2;2-4H,1H3;/q-1;;+1. The Labute approximate surface area is 155 Å². The first-order chi connectivity index (χ1) is 8.26. The van der Waals surface area contributed by atoms with E-state index in [4.69, 9.17) is 0 Å². The predicted molar refractivity (Wildman–Crippen MR) is 76.4 cm³/mol. The molecule has 2 aromatic rings. The van der Waals surface area contributed by atoms with E-state index >= 15 is 0 Å². The fourth-order valence-corrected chi connectivity index (χ4v) is 1.87. The Hall–Kier alpha value is 0.0564. The zero-order valence-corrected chi connectivity index (χ0v) is 14.8. The maximum absolute atomic E-state index is 10.1. The Morgan fingerprint density at radius 3 is 2.28 bits per heavy atom. The maximum atomic E-state index is 10.1. The van der Waals surface area contributed by atoms with Gasteiger partial charge in [0.25, 0.3) is 0 Å². The third-order valence-electron chi connectivity index (χ3n) is 2.12. The number of aryl methyl sites for hydroxylation is 1. The molecule has 18 heavy (non-hydrogen) atoms. The zero-order chi connectivity index (χ0) is 12.5. The van der Waals surface area contributed by atoms with Gasteiger partial charge in [-0.3, -0.25) is 0 Å². The number of rotatable bonds is 3. The molecule has 0 aliphatic heterocycles. The van der Waals surface area contributed by atoms with Crippen LogP contribution in [0.4, 0.5) is 5.69 Å². The Balaban J connectivity index is 0.000000352. The van der Waals surface area contributed by atoms with Gasteiger partial charge in [-0.2, -0.15) is 11.3 Å². The second kappa shape index (κ2) is 10.9. The van der Waals surface area contributed by atoms with Crippen LogP contribution in [0.15, 0.2) is 53.7 Å². The quantitative estimate of drug-likeness (QED) is 0.525. The van der Waals surface area contributed by atoms with Crippen molar-refractivity contribution in [3.05, 3.63) is 70.1 Å². The molecule has 2 rings (SSSR count). The molecule has 2 nitrogen and oxygen atoms in total. The number of nitrogens with one attached hydrogen (secondary N) is 1. The topological polar surface area (TPSA) is 35.1 Å². The largest absolute Gasteiger partial charge is 1.00 e. The average Bonchev–Trinajstić information content (AvgIpc) is 2.83. The summed E-state index contributed by atoms with van der Waals surface area (Å²) in [5.74, 6) is 0. The van der Waals surface area contributed by atoms with Gasteiger partial charge in [0.2, 0.25) is 0 Å². The van der Waals surface area contributed by atoms with Gasteiger partial charge in [-0.1, -0.05) is 18.2 Å². The third kappa shape index (κ3) is 7.48. The maximum Gasteiger partial charge on any atom is 1.00 e. The molecule has 0 atom stereocenters. The summed E-state index contributed by atoms with van der Waals surface area (Å²) in [7, 11) is 0. The van der Waals surface area contributed by atoms with Crippen molar-refractivity contribution in [2.24, 2.45) is 0 Å². The van der Waals surface area contributed by atoms with Gasteiger partial charge in [0.1, 0.15) is 0 Å². The van der Waals surface area contributed by atoms with Crippen LogP contribution in [-0.4, -0.2) is 0 Å². The molecule has 0 saturated heterocycles. The van der Waals surface area contributed by atoms with Crippen molar-refractivity contribution in [3.63, 3.8) is 0 Å². The summed E-state index contributed by atoms with van der Waals surface area (Å²) in [5, 5.41) is 14.3. The van der Waals surface area contributed by atoms with Crippen LogP contribution in [0.2, 0.25) is 0 Å². The van der Waals surface area contributed by atoms with Crippen LogP contribution in [0.1, 0.15) is 11.1 Å². The molecule has 0 saturated carbocycles. The van der Waals surface area contributed by atoms with E-state index in [9.17, 15) is 5.21 Å². The van der Waals surface area contributed by atoms with Crippen molar-refractivity contribution in [1.82, 2.24) is 0 Å². The van der Waals surface area contributed by atoms with Crippen LogP contribution in [0.25, 0.3) is 0 Å². The van der Waals surface area contributed by atoms with Crippen molar-refractivity contribution < 1.29 is 51.4 Å². The van der Waals surface area contributed by atoms with Crippen molar-refractivity contribution in [2.45, 2.75) is 13.3 Å². The Bertz CT molecular complexity index is 426. The van der Waals surface area contributed by atoms with E-state index in [0.717, 1.165) is 6.42 Å². The number of hydrogen-bond donors (Lipinski definition) is 1. The van der Waals surface area contributed by atoms with Crippen LogP contribution in [0.3, 0.4) is 0 Å². The number of hydrogen-bond acceptors (Lipinski definition) is 3. The molecule has 0 amide bonds. The van der Waals surface area contributed by atoms with Gasteiger partial charge >= 0.3 is 51.4 Å². The predicted octanol–water partition coefficient (Wildman–Crippen LogP) is 1.39. The van der Waals surface area contributed by atoms with Gasteiger partial charge in [0, 0.05) is 5.69 Å². The van der Waals surface area contributed by atoms with E-state index in [-0.39, 0.29) is 51.4 Å². The molecule has 1 N–H and O–H groups in total. The molecule has 0 fully saturated rings. The van der Waals surface area contributed by atoms with Crippen molar-refractivity contribution in [1.29, 1.82) is 0 Å². The minimum absolute atomic E-state index is 0. The van der Waals surface area contributed by atoms with Crippen molar-refractivity contribution in [2.75, 3.05) is 5.48 Å². The van der Waals surface area contributed by atoms with E-state index in [1.165, 1.54) is 11.1 Å². The first-order valence-corrected chi connectivity index (χ1v) is 6.27. The Morgan fingerprint density at radius 1 is 1.28 bits per heavy atom. The summed E-state index contributed by atoms with van der Waals surface area (Å²) in [5.41, 5.74) is 4.94. The molecule has 0 spiro atoms. The Kier molecular flexibility index (Phi) is 11.0. The fourth-order valence-electron chi connectivity index (χ4n) is 1.21. The summed E-state index contributed by atoms with van der Waals surface area (Å²) in [6.07, 6.45) is 2.68. The fraction of sp³-hybridized carbons (Fsp3) is 0.143. The van der Waals surface area contributed by atoms with E-state index < -0.39 is 0 Å². The second-order valence-electron chi connectivity index (χ2n) is 3.59. The molecule has 0 bridgehead atoms. The third-order valence-corrected chi connectivity index (χ3v) is 2.92. The summed E-state index contributed by atoms with van der Waals surface area (Å²) in [6, 6.07) is 9.42. The molecule has 0 unspecified atom stereocenters. The van der Waals surface area contributed by atoms with Gasteiger partial charge in [-0.15, -0.1) is 6.58 Å². The minimum Gasteiger partial charge on any atom is -0.761 e. The summed E-state index contributed by atoms with van der Waals surface area (Å²) < 4.78 is 0. The molecular weight excluding hydrogens is 269 g/mol. The molecule has 1 heterocycles. The van der Waals surface area contributed by atoms with Crippen LogP contribution in [0, 0.1) is 12.1 Å². The zero-order valence-electron chi connectivity index (χ0n) is 10.8. The van der Waals surface area contributed by atoms with E-state index in [1.807, 2.05) is 23.7 Å². The average molecular weight is 285 g/mol. The van der Waals surface area contributed by atoms with Crippen LogP contribution in [0.5, 0.6) is 0 Å². The minimum atomic E-state index is 0. The number of allylic oxidation sites excluding steroid dienone is 1. The van der Waals surface area contributed by atoms with Gasteiger partial charge in [0.05, 0.1) is 0 Å². The van der Waals surface area contributed by atoms with Gasteiger partial charge in [-0.05, 0) is 53.4 Å².